The van der Waals surface area contributed by atoms with Crippen LogP contribution < -0.4 is 15.8 Å². The molecule has 0 aliphatic heterocycles. The third-order valence-electron chi connectivity index (χ3n) is 3.23. The van der Waals surface area contributed by atoms with Crippen molar-refractivity contribution in [2.75, 3.05) is 11.1 Å². The number of hydrogen-bond donors (Lipinski definition) is 2. The van der Waals surface area contributed by atoms with E-state index in [0.717, 1.165) is 16.9 Å². The number of anilines is 2. The molecule has 0 aliphatic rings. The van der Waals surface area contributed by atoms with Gasteiger partial charge in [-0.15, -0.1) is 0 Å². The van der Waals surface area contributed by atoms with Gasteiger partial charge < -0.3 is 15.8 Å². The molecular formula is C17H20N2O2. The van der Waals surface area contributed by atoms with Crippen LogP contribution in [0.5, 0.6) is 5.75 Å². The predicted molar refractivity (Wildman–Crippen MR) is 85.5 cm³/mol. The largest absolute Gasteiger partial charge is 0.480 e. The van der Waals surface area contributed by atoms with Crippen LogP contribution in [0, 0.1) is 13.8 Å². The maximum Gasteiger partial charge on any atom is 0.265 e. The molecule has 3 N–H and O–H groups in total. The molecule has 0 fully saturated rings. The van der Waals surface area contributed by atoms with Gasteiger partial charge in [0.1, 0.15) is 5.75 Å². The van der Waals surface area contributed by atoms with E-state index in [-0.39, 0.29) is 5.91 Å². The number of para-hydroxylation sites is 1. The van der Waals surface area contributed by atoms with E-state index in [1.165, 1.54) is 0 Å². The van der Waals surface area contributed by atoms with Gasteiger partial charge in [0, 0.05) is 11.4 Å². The molecule has 0 bridgehead atoms. The Labute approximate surface area is 124 Å². The minimum absolute atomic E-state index is 0.205. The standard InChI is InChI=1S/C17H20N2O2/c1-11-6-4-7-12(2)16(11)21-13(3)17(20)19-15-9-5-8-14(18)10-15/h4-10,13H,18H2,1-3H3,(H,19,20). The second-order valence-corrected chi connectivity index (χ2v) is 5.10. The Balaban J connectivity index is 2.06. The molecule has 1 unspecified atom stereocenters. The van der Waals surface area contributed by atoms with Gasteiger partial charge in [-0.3, -0.25) is 4.79 Å². The molecule has 21 heavy (non-hydrogen) atoms. The minimum atomic E-state index is -0.591. The average molecular weight is 284 g/mol. The molecule has 110 valence electrons. The van der Waals surface area contributed by atoms with Crippen molar-refractivity contribution in [3.8, 4) is 5.75 Å². The molecule has 1 amide bonds. The van der Waals surface area contributed by atoms with Crippen LogP contribution in [-0.4, -0.2) is 12.0 Å². The van der Waals surface area contributed by atoms with E-state index >= 15 is 0 Å². The molecule has 0 spiro atoms. The van der Waals surface area contributed by atoms with Crippen LogP contribution in [0.3, 0.4) is 0 Å². The van der Waals surface area contributed by atoms with Crippen LogP contribution in [0.2, 0.25) is 0 Å². The summed E-state index contributed by atoms with van der Waals surface area (Å²) in [5, 5.41) is 2.80. The van der Waals surface area contributed by atoms with Crippen molar-refractivity contribution in [1.29, 1.82) is 0 Å². The number of nitrogens with one attached hydrogen (secondary N) is 1. The summed E-state index contributed by atoms with van der Waals surface area (Å²) in [6.45, 7) is 5.66. The van der Waals surface area contributed by atoms with Gasteiger partial charge in [0.25, 0.3) is 5.91 Å². The van der Waals surface area contributed by atoms with Gasteiger partial charge in [0.15, 0.2) is 6.10 Å². The first kappa shape index (κ1) is 14.9. The third-order valence-corrected chi connectivity index (χ3v) is 3.23. The van der Waals surface area contributed by atoms with E-state index in [1.807, 2.05) is 32.0 Å². The molecule has 0 saturated heterocycles. The zero-order valence-corrected chi connectivity index (χ0v) is 12.5. The minimum Gasteiger partial charge on any atom is -0.480 e. The molecule has 1 atom stereocenters. The summed E-state index contributed by atoms with van der Waals surface area (Å²) in [4.78, 5) is 12.2. The lowest BCUT2D eigenvalue weighted by Gasteiger charge is -2.18. The number of carbonyl (C=O) groups excluding carboxylic acids is 1. The van der Waals surface area contributed by atoms with Gasteiger partial charge in [0.2, 0.25) is 0 Å². The molecule has 4 nitrogen and oxygen atoms in total. The summed E-state index contributed by atoms with van der Waals surface area (Å²) >= 11 is 0. The van der Waals surface area contributed by atoms with Gasteiger partial charge in [-0.1, -0.05) is 24.3 Å². The van der Waals surface area contributed by atoms with E-state index < -0.39 is 6.10 Å². The molecule has 2 aromatic carbocycles. The molecule has 0 aliphatic carbocycles. The second-order valence-electron chi connectivity index (χ2n) is 5.10. The first-order chi connectivity index (χ1) is 9.97. The van der Waals surface area contributed by atoms with E-state index in [9.17, 15) is 4.79 Å². The molecule has 0 heterocycles. The zero-order valence-electron chi connectivity index (χ0n) is 12.5. The van der Waals surface area contributed by atoms with E-state index in [1.54, 1.807) is 31.2 Å². The van der Waals surface area contributed by atoms with Crippen LogP contribution in [-0.2, 0) is 4.79 Å². The summed E-state index contributed by atoms with van der Waals surface area (Å²) in [7, 11) is 0. The number of aryl methyl sites for hydroxylation is 2. The van der Waals surface area contributed by atoms with E-state index in [4.69, 9.17) is 10.5 Å². The number of nitrogens with two attached hydrogens (primary N) is 1. The monoisotopic (exact) mass is 284 g/mol. The summed E-state index contributed by atoms with van der Waals surface area (Å²) in [6.07, 6.45) is -0.591. The van der Waals surface area contributed by atoms with Gasteiger partial charge >= 0.3 is 0 Å². The number of carbonyl (C=O) groups is 1. The Kier molecular flexibility index (Phi) is 4.48. The SMILES string of the molecule is Cc1cccc(C)c1OC(C)C(=O)Nc1cccc(N)c1. The molecule has 0 aromatic heterocycles. The van der Waals surface area contributed by atoms with Crippen molar-refractivity contribution in [2.45, 2.75) is 26.9 Å². The van der Waals surface area contributed by atoms with Crippen molar-refractivity contribution in [1.82, 2.24) is 0 Å². The van der Waals surface area contributed by atoms with Crippen LogP contribution in [0.15, 0.2) is 42.5 Å². The van der Waals surface area contributed by atoms with Crippen LogP contribution in [0.4, 0.5) is 11.4 Å². The van der Waals surface area contributed by atoms with Crippen LogP contribution >= 0.6 is 0 Å². The molecule has 4 heteroatoms. The van der Waals surface area contributed by atoms with E-state index in [0.29, 0.717) is 11.4 Å². The first-order valence-corrected chi connectivity index (χ1v) is 6.86. The fourth-order valence-electron chi connectivity index (χ4n) is 2.08. The van der Waals surface area contributed by atoms with Crippen molar-refractivity contribution < 1.29 is 9.53 Å². The lowest BCUT2D eigenvalue weighted by molar-refractivity contribution is -0.122. The van der Waals surface area contributed by atoms with Crippen molar-refractivity contribution in [2.24, 2.45) is 0 Å². The maximum absolute atomic E-state index is 12.2. The van der Waals surface area contributed by atoms with E-state index in [2.05, 4.69) is 5.32 Å². The maximum atomic E-state index is 12.2. The number of nitrogen functional groups attached to an aromatic ring is 1. The lowest BCUT2D eigenvalue weighted by atomic mass is 10.1. The Morgan fingerprint density at radius 1 is 1.14 bits per heavy atom. The molecular weight excluding hydrogens is 264 g/mol. The normalized spacial score (nSPS) is 11.8. The average Bonchev–Trinajstić information content (AvgIpc) is 2.43. The molecule has 2 rings (SSSR count). The summed E-state index contributed by atoms with van der Waals surface area (Å²) in [5.74, 6) is 0.552. The van der Waals surface area contributed by atoms with Crippen LogP contribution in [0.1, 0.15) is 18.1 Å². The highest BCUT2D eigenvalue weighted by atomic mass is 16.5. The topological polar surface area (TPSA) is 64.3 Å². The Bertz CT molecular complexity index is 633. The summed E-state index contributed by atoms with van der Waals surface area (Å²) < 4.78 is 5.80. The highest BCUT2D eigenvalue weighted by molar-refractivity contribution is 5.94. The second kappa shape index (κ2) is 6.31. The number of benzene rings is 2. The Hall–Kier alpha value is -2.49. The zero-order chi connectivity index (χ0) is 15.4. The lowest BCUT2D eigenvalue weighted by Crippen LogP contribution is -2.30. The van der Waals surface area contributed by atoms with Gasteiger partial charge in [-0.05, 0) is 50.1 Å². The van der Waals surface area contributed by atoms with Crippen molar-refractivity contribution >= 4 is 17.3 Å². The van der Waals surface area contributed by atoms with Gasteiger partial charge in [0.05, 0.1) is 0 Å². The molecule has 2 aromatic rings. The highest BCUT2D eigenvalue weighted by Crippen LogP contribution is 2.24. The number of rotatable bonds is 4. The third kappa shape index (κ3) is 3.75. The van der Waals surface area contributed by atoms with Crippen LogP contribution in [0.25, 0.3) is 0 Å². The Morgan fingerprint density at radius 3 is 2.38 bits per heavy atom. The van der Waals surface area contributed by atoms with Gasteiger partial charge in [-0.2, -0.15) is 0 Å². The fraction of sp³-hybridized carbons (Fsp3) is 0.235. The number of amides is 1. The predicted octanol–water partition coefficient (Wildman–Crippen LogP) is 3.29. The quantitative estimate of drug-likeness (QED) is 0.847. The highest BCUT2D eigenvalue weighted by Gasteiger charge is 2.17. The summed E-state index contributed by atoms with van der Waals surface area (Å²) in [5.41, 5.74) is 8.99. The smallest absolute Gasteiger partial charge is 0.265 e. The molecule has 0 saturated carbocycles. The number of ether oxygens (including phenoxy) is 1. The number of hydrogen-bond acceptors (Lipinski definition) is 3. The fourth-order valence-corrected chi connectivity index (χ4v) is 2.08. The van der Waals surface area contributed by atoms with Crippen molar-refractivity contribution in [3.05, 3.63) is 53.6 Å². The van der Waals surface area contributed by atoms with Crippen molar-refractivity contribution in [3.63, 3.8) is 0 Å². The first-order valence-electron chi connectivity index (χ1n) is 6.86. The Morgan fingerprint density at radius 2 is 1.76 bits per heavy atom. The summed E-state index contributed by atoms with van der Waals surface area (Å²) in [6, 6.07) is 13.0. The van der Waals surface area contributed by atoms with Gasteiger partial charge in [-0.25, -0.2) is 0 Å². The molecule has 0 radical (unpaired) electrons.